The van der Waals surface area contributed by atoms with Crippen LogP contribution in [0.2, 0.25) is 0 Å². The number of halogens is 1. The van der Waals surface area contributed by atoms with Crippen molar-refractivity contribution in [3.63, 3.8) is 0 Å². The molecule has 0 aliphatic carbocycles. The van der Waals surface area contributed by atoms with Crippen molar-refractivity contribution < 1.29 is 13.9 Å². The normalized spacial score (nSPS) is 12.7. The van der Waals surface area contributed by atoms with Crippen molar-refractivity contribution in [3.8, 4) is 0 Å². The first-order valence-corrected chi connectivity index (χ1v) is 5.08. The highest BCUT2D eigenvalue weighted by Crippen LogP contribution is 2.23. The highest BCUT2D eigenvalue weighted by molar-refractivity contribution is 5.22. The Morgan fingerprint density at radius 1 is 1.44 bits per heavy atom. The molecule has 0 radical (unpaired) electrons. The minimum Gasteiger partial charge on any atom is -0.463 e. The molecule has 4 heteroatoms. The predicted molar refractivity (Wildman–Crippen MR) is 56.3 cm³/mol. The SMILES string of the molecule is CCc1ccc(C(O)c2cncc(F)c2)o1. The van der Waals surface area contributed by atoms with E-state index in [-0.39, 0.29) is 0 Å². The molecule has 0 saturated heterocycles. The number of aliphatic hydroxyl groups is 1. The molecule has 1 N–H and O–H groups in total. The summed E-state index contributed by atoms with van der Waals surface area (Å²) in [6, 6.07) is 4.73. The molecule has 0 aliphatic heterocycles. The highest BCUT2D eigenvalue weighted by Gasteiger charge is 2.15. The van der Waals surface area contributed by atoms with E-state index in [1.807, 2.05) is 6.92 Å². The lowest BCUT2D eigenvalue weighted by Crippen LogP contribution is -1.99. The topological polar surface area (TPSA) is 46.3 Å². The molecule has 1 unspecified atom stereocenters. The lowest BCUT2D eigenvalue weighted by Gasteiger charge is -2.07. The Kier molecular flexibility index (Phi) is 3.01. The standard InChI is InChI=1S/C12H12FNO2/c1-2-10-3-4-11(16-10)12(15)8-5-9(13)7-14-6-8/h3-7,12,15H,2H2,1H3. The summed E-state index contributed by atoms with van der Waals surface area (Å²) in [4.78, 5) is 3.68. The molecule has 2 aromatic heterocycles. The van der Waals surface area contributed by atoms with E-state index in [1.165, 1.54) is 12.3 Å². The Morgan fingerprint density at radius 3 is 2.88 bits per heavy atom. The van der Waals surface area contributed by atoms with E-state index in [0.29, 0.717) is 11.3 Å². The van der Waals surface area contributed by atoms with Crippen LogP contribution in [0, 0.1) is 5.82 Å². The van der Waals surface area contributed by atoms with Gasteiger partial charge in [0, 0.05) is 18.2 Å². The number of nitrogens with zero attached hydrogens (tertiary/aromatic N) is 1. The number of aliphatic hydroxyl groups excluding tert-OH is 1. The predicted octanol–water partition coefficient (Wildman–Crippen LogP) is 2.46. The smallest absolute Gasteiger partial charge is 0.141 e. The molecule has 0 fully saturated rings. The van der Waals surface area contributed by atoms with Crippen molar-refractivity contribution in [3.05, 3.63) is 53.5 Å². The fraction of sp³-hybridized carbons (Fsp3) is 0.250. The van der Waals surface area contributed by atoms with Crippen LogP contribution in [0.4, 0.5) is 4.39 Å². The van der Waals surface area contributed by atoms with Crippen molar-refractivity contribution in [2.24, 2.45) is 0 Å². The van der Waals surface area contributed by atoms with E-state index >= 15 is 0 Å². The highest BCUT2D eigenvalue weighted by atomic mass is 19.1. The molecule has 0 aliphatic rings. The average molecular weight is 221 g/mol. The molecule has 1 atom stereocenters. The number of hydrogen-bond acceptors (Lipinski definition) is 3. The first kappa shape index (κ1) is 10.8. The largest absolute Gasteiger partial charge is 0.463 e. The second-order valence-electron chi connectivity index (χ2n) is 3.50. The zero-order valence-electron chi connectivity index (χ0n) is 8.85. The Morgan fingerprint density at radius 2 is 2.25 bits per heavy atom. The van der Waals surface area contributed by atoms with Crippen LogP contribution in [0.5, 0.6) is 0 Å². The van der Waals surface area contributed by atoms with E-state index in [1.54, 1.807) is 12.1 Å². The van der Waals surface area contributed by atoms with Crippen LogP contribution in [-0.2, 0) is 6.42 Å². The monoisotopic (exact) mass is 221 g/mol. The summed E-state index contributed by atoms with van der Waals surface area (Å²) in [6.45, 7) is 1.96. The van der Waals surface area contributed by atoms with Gasteiger partial charge in [0.1, 0.15) is 23.4 Å². The Hall–Kier alpha value is -1.68. The van der Waals surface area contributed by atoms with Gasteiger partial charge in [0.25, 0.3) is 0 Å². The molecule has 0 aromatic carbocycles. The number of aryl methyl sites for hydroxylation is 1. The number of pyridine rings is 1. The van der Waals surface area contributed by atoms with E-state index in [2.05, 4.69) is 4.98 Å². The maximum Gasteiger partial charge on any atom is 0.141 e. The van der Waals surface area contributed by atoms with Crippen molar-refractivity contribution in [2.75, 3.05) is 0 Å². The van der Waals surface area contributed by atoms with Gasteiger partial charge in [0.2, 0.25) is 0 Å². The second-order valence-corrected chi connectivity index (χ2v) is 3.50. The second kappa shape index (κ2) is 4.45. The van der Waals surface area contributed by atoms with Crippen LogP contribution in [0.15, 0.2) is 35.0 Å². The maximum absolute atomic E-state index is 12.9. The Labute approximate surface area is 92.6 Å². The van der Waals surface area contributed by atoms with Gasteiger partial charge in [-0.1, -0.05) is 6.92 Å². The maximum atomic E-state index is 12.9. The van der Waals surface area contributed by atoms with Crippen LogP contribution < -0.4 is 0 Å². The molecular formula is C12H12FNO2. The minimum atomic E-state index is -0.969. The molecule has 2 heterocycles. The first-order chi connectivity index (χ1) is 7.70. The van der Waals surface area contributed by atoms with Gasteiger partial charge in [-0.15, -0.1) is 0 Å². The van der Waals surface area contributed by atoms with Gasteiger partial charge < -0.3 is 9.52 Å². The van der Waals surface area contributed by atoms with Crippen molar-refractivity contribution in [1.29, 1.82) is 0 Å². The molecule has 3 nitrogen and oxygen atoms in total. The van der Waals surface area contributed by atoms with Crippen molar-refractivity contribution >= 4 is 0 Å². The average Bonchev–Trinajstić information content (AvgIpc) is 2.76. The number of hydrogen-bond donors (Lipinski definition) is 1. The first-order valence-electron chi connectivity index (χ1n) is 5.08. The van der Waals surface area contributed by atoms with E-state index in [9.17, 15) is 9.50 Å². The summed E-state index contributed by atoms with van der Waals surface area (Å²) in [7, 11) is 0. The molecule has 2 rings (SSSR count). The van der Waals surface area contributed by atoms with E-state index < -0.39 is 11.9 Å². The zero-order valence-corrected chi connectivity index (χ0v) is 8.85. The molecule has 16 heavy (non-hydrogen) atoms. The van der Waals surface area contributed by atoms with Gasteiger partial charge in [-0.3, -0.25) is 4.98 Å². The van der Waals surface area contributed by atoms with E-state index in [4.69, 9.17) is 4.42 Å². The van der Waals surface area contributed by atoms with Gasteiger partial charge in [0.05, 0.1) is 6.20 Å². The lowest BCUT2D eigenvalue weighted by atomic mass is 10.1. The summed E-state index contributed by atoms with van der Waals surface area (Å²) in [5.74, 6) is 0.724. The van der Waals surface area contributed by atoms with Crippen LogP contribution >= 0.6 is 0 Å². The zero-order chi connectivity index (χ0) is 11.5. The van der Waals surface area contributed by atoms with Crippen LogP contribution in [0.25, 0.3) is 0 Å². The number of rotatable bonds is 3. The summed E-state index contributed by atoms with van der Waals surface area (Å²) < 4.78 is 18.3. The van der Waals surface area contributed by atoms with Gasteiger partial charge in [0.15, 0.2) is 0 Å². The number of aromatic nitrogens is 1. The Bertz CT molecular complexity index is 481. The summed E-state index contributed by atoms with van der Waals surface area (Å²) in [6.07, 6.45) is 2.30. The third kappa shape index (κ3) is 2.12. The molecular weight excluding hydrogens is 209 g/mol. The minimum absolute atomic E-state index is 0.386. The third-order valence-electron chi connectivity index (χ3n) is 2.34. The number of furan rings is 1. The molecule has 0 spiro atoms. The van der Waals surface area contributed by atoms with Crippen molar-refractivity contribution in [1.82, 2.24) is 4.98 Å². The van der Waals surface area contributed by atoms with Gasteiger partial charge >= 0.3 is 0 Å². The van der Waals surface area contributed by atoms with Crippen LogP contribution in [0.1, 0.15) is 30.1 Å². The van der Waals surface area contributed by atoms with Crippen LogP contribution in [0.3, 0.4) is 0 Å². The molecule has 84 valence electrons. The third-order valence-corrected chi connectivity index (χ3v) is 2.34. The molecule has 0 amide bonds. The fourth-order valence-corrected chi connectivity index (χ4v) is 1.47. The lowest BCUT2D eigenvalue weighted by molar-refractivity contribution is 0.186. The molecule has 0 saturated carbocycles. The molecule has 2 aromatic rings. The van der Waals surface area contributed by atoms with Gasteiger partial charge in [-0.2, -0.15) is 0 Å². The summed E-state index contributed by atoms with van der Waals surface area (Å²) in [5.41, 5.74) is 0.386. The van der Waals surface area contributed by atoms with Gasteiger partial charge in [-0.25, -0.2) is 4.39 Å². The quantitative estimate of drug-likeness (QED) is 0.865. The van der Waals surface area contributed by atoms with Crippen molar-refractivity contribution in [2.45, 2.75) is 19.4 Å². The van der Waals surface area contributed by atoms with E-state index in [0.717, 1.165) is 18.4 Å². The summed E-state index contributed by atoms with van der Waals surface area (Å²) >= 11 is 0. The molecule has 0 bridgehead atoms. The summed E-state index contributed by atoms with van der Waals surface area (Å²) in [5, 5.41) is 9.92. The van der Waals surface area contributed by atoms with Crippen LogP contribution in [-0.4, -0.2) is 10.1 Å². The van der Waals surface area contributed by atoms with Gasteiger partial charge in [-0.05, 0) is 18.2 Å². The fourth-order valence-electron chi connectivity index (χ4n) is 1.47. The Balaban J connectivity index is 2.27.